The molecule has 2 aliphatic rings. The molecule has 21 heavy (non-hydrogen) atoms. The summed E-state index contributed by atoms with van der Waals surface area (Å²) in [5, 5.41) is 5.54. The van der Waals surface area contributed by atoms with Crippen molar-refractivity contribution in [1.29, 1.82) is 0 Å². The van der Waals surface area contributed by atoms with Gasteiger partial charge in [0.1, 0.15) is 0 Å². The fourth-order valence-electron chi connectivity index (χ4n) is 3.76. The van der Waals surface area contributed by atoms with Crippen LogP contribution in [0.25, 0.3) is 0 Å². The molecule has 0 bridgehead atoms. The summed E-state index contributed by atoms with van der Waals surface area (Å²) in [6.45, 7) is 6.17. The van der Waals surface area contributed by atoms with Crippen LogP contribution in [-0.4, -0.2) is 31.3 Å². The Morgan fingerprint density at radius 2 is 2.43 bits per heavy atom. The maximum absolute atomic E-state index is 6.07. The number of fused-ring (bicyclic) bond motifs is 1. The van der Waals surface area contributed by atoms with E-state index in [1.807, 2.05) is 0 Å². The lowest BCUT2D eigenvalue weighted by Gasteiger charge is -2.60. The summed E-state index contributed by atoms with van der Waals surface area (Å²) in [7, 11) is 0. The van der Waals surface area contributed by atoms with Gasteiger partial charge in [-0.15, -0.1) is 11.3 Å². The van der Waals surface area contributed by atoms with E-state index in [2.05, 4.69) is 41.7 Å². The number of guanidine groups is 1. The first-order chi connectivity index (χ1) is 10.1. The Bertz CT molecular complexity index is 498. The first-order valence-electron chi connectivity index (χ1n) is 7.79. The summed E-state index contributed by atoms with van der Waals surface area (Å²) < 4.78 is 5.91. The van der Waals surface area contributed by atoms with Gasteiger partial charge in [-0.05, 0) is 24.3 Å². The van der Waals surface area contributed by atoms with E-state index in [1.165, 1.54) is 11.3 Å². The van der Waals surface area contributed by atoms with Crippen LogP contribution in [0.1, 0.15) is 31.6 Å². The Labute approximate surface area is 130 Å². The molecule has 3 rings (SSSR count). The van der Waals surface area contributed by atoms with Crippen molar-refractivity contribution in [2.75, 3.05) is 13.2 Å². The van der Waals surface area contributed by atoms with Crippen LogP contribution in [0.3, 0.4) is 0 Å². The monoisotopic (exact) mass is 307 g/mol. The molecule has 116 valence electrons. The quantitative estimate of drug-likeness (QED) is 0.663. The van der Waals surface area contributed by atoms with E-state index in [-0.39, 0.29) is 5.41 Å². The Morgan fingerprint density at radius 1 is 1.57 bits per heavy atom. The molecule has 1 saturated heterocycles. The summed E-state index contributed by atoms with van der Waals surface area (Å²) in [4.78, 5) is 5.83. The number of ether oxygens (including phenoxy) is 1. The predicted octanol–water partition coefficient (Wildman–Crippen LogP) is 2.40. The van der Waals surface area contributed by atoms with Crippen molar-refractivity contribution < 1.29 is 4.74 Å². The van der Waals surface area contributed by atoms with Crippen LogP contribution in [-0.2, 0) is 11.2 Å². The third-order valence-electron chi connectivity index (χ3n) is 4.85. The second-order valence-electron chi connectivity index (χ2n) is 6.64. The number of thiophene rings is 1. The van der Waals surface area contributed by atoms with E-state index in [4.69, 9.17) is 10.5 Å². The van der Waals surface area contributed by atoms with E-state index in [0.29, 0.717) is 24.0 Å². The van der Waals surface area contributed by atoms with Gasteiger partial charge in [0.25, 0.3) is 0 Å². The van der Waals surface area contributed by atoms with Crippen LogP contribution in [0.5, 0.6) is 0 Å². The summed E-state index contributed by atoms with van der Waals surface area (Å²) in [5.41, 5.74) is 6.21. The van der Waals surface area contributed by atoms with Crippen molar-refractivity contribution in [2.24, 2.45) is 22.1 Å². The van der Waals surface area contributed by atoms with Gasteiger partial charge in [0.05, 0.1) is 6.10 Å². The minimum Gasteiger partial charge on any atom is -0.377 e. The van der Waals surface area contributed by atoms with Crippen LogP contribution < -0.4 is 11.1 Å². The summed E-state index contributed by atoms with van der Waals surface area (Å²) in [5.74, 6) is 1.16. The standard InChI is InChI=1S/C16H25N3OS/c1-16(2)13(12-6-3-9-20-14(12)16)19-15(17)18-8-7-11-5-4-10-21-11/h4-5,10,12-14H,3,6-9H2,1-2H3,(H3,17,18,19). The van der Waals surface area contributed by atoms with Gasteiger partial charge in [0.2, 0.25) is 0 Å². The van der Waals surface area contributed by atoms with Crippen molar-refractivity contribution in [1.82, 2.24) is 5.32 Å². The average Bonchev–Trinajstić information content (AvgIpc) is 2.98. The molecule has 0 aromatic carbocycles. The molecule has 1 aliphatic carbocycles. The van der Waals surface area contributed by atoms with Crippen LogP contribution >= 0.6 is 11.3 Å². The third-order valence-corrected chi connectivity index (χ3v) is 5.79. The van der Waals surface area contributed by atoms with Gasteiger partial charge in [-0.25, -0.2) is 0 Å². The zero-order chi connectivity index (χ0) is 14.9. The number of nitrogens with one attached hydrogen (secondary N) is 1. The molecule has 1 aliphatic heterocycles. The molecule has 1 aromatic heterocycles. The predicted molar refractivity (Wildman–Crippen MR) is 87.7 cm³/mol. The van der Waals surface area contributed by atoms with E-state index in [1.54, 1.807) is 11.3 Å². The zero-order valence-corrected chi connectivity index (χ0v) is 13.7. The molecule has 4 nitrogen and oxygen atoms in total. The molecule has 0 amide bonds. The van der Waals surface area contributed by atoms with Gasteiger partial charge >= 0.3 is 0 Å². The molecule has 0 spiro atoms. The van der Waals surface area contributed by atoms with Crippen LogP contribution in [0, 0.1) is 11.3 Å². The Hall–Kier alpha value is -1.07. The van der Waals surface area contributed by atoms with E-state index in [9.17, 15) is 0 Å². The molecule has 2 heterocycles. The number of hydrogen-bond acceptors (Lipinski definition) is 3. The van der Waals surface area contributed by atoms with Gasteiger partial charge in [0.15, 0.2) is 5.96 Å². The number of rotatable bonds is 4. The molecule has 3 N–H and O–H groups in total. The lowest BCUT2D eigenvalue weighted by atomic mass is 9.55. The fourth-order valence-corrected chi connectivity index (χ4v) is 4.46. The topological polar surface area (TPSA) is 59.6 Å². The largest absolute Gasteiger partial charge is 0.377 e. The van der Waals surface area contributed by atoms with Crippen molar-refractivity contribution in [3.63, 3.8) is 0 Å². The first-order valence-corrected chi connectivity index (χ1v) is 8.67. The van der Waals surface area contributed by atoms with E-state index in [0.717, 1.165) is 26.0 Å². The van der Waals surface area contributed by atoms with Crippen molar-refractivity contribution in [2.45, 2.75) is 45.3 Å². The molecular formula is C16H25N3OS. The molecular weight excluding hydrogens is 282 g/mol. The third kappa shape index (κ3) is 2.94. The highest BCUT2D eigenvalue weighted by Gasteiger charge is 2.58. The number of aliphatic imine (C=N–C) groups is 1. The minimum atomic E-state index is 0.138. The normalized spacial score (nSPS) is 31.3. The smallest absolute Gasteiger partial charge is 0.188 e. The summed E-state index contributed by atoms with van der Waals surface area (Å²) in [6, 6.07) is 4.60. The van der Waals surface area contributed by atoms with E-state index < -0.39 is 0 Å². The first kappa shape index (κ1) is 14.9. The van der Waals surface area contributed by atoms with Gasteiger partial charge in [-0.3, -0.25) is 4.99 Å². The van der Waals surface area contributed by atoms with Gasteiger partial charge in [0, 0.05) is 41.8 Å². The second kappa shape index (κ2) is 5.97. The van der Waals surface area contributed by atoms with Crippen molar-refractivity contribution >= 4 is 17.3 Å². The summed E-state index contributed by atoms with van der Waals surface area (Å²) in [6.07, 6.45) is 3.73. The Morgan fingerprint density at radius 3 is 3.19 bits per heavy atom. The molecule has 1 aromatic rings. The maximum atomic E-state index is 6.07. The van der Waals surface area contributed by atoms with Gasteiger partial charge in [-0.2, -0.15) is 0 Å². The average molecular weight is 307 g/mol. The molecule has 0 radical (unpaired) electrons. The highest BCUT2D eigenvalue weighted by molar-refractivity contribution is 7.09. The second-order valence-corrected chi connectivity index (χ2v) is 7.67. The lowest BCUT2D eigenvalue weighted by Crippen LogP contribution is -2.70. The van der Waals surface area contributed by atoms with Gasteiger partial charge in [-0.1, -0.05) is 19.9 Å². The van der Waals surface area contributed by atoms with Crippen LogP contribution in [0.2, 0.25) is 0 Å². The highest BCUT2D eigenvalue weighted by atomic mass is 32.1. The molecule has 1 saturated carbocycles. The minimum absolute atomic E-state index is 0.138. The Kier molecular flexibility index (Phi) is 4.22. The lowest BCUT2D eigenvalue weighted by molar-refractivity contribution is -0.188. The SMILES string of the molecule is CC1(C)C(NC(N)=NCCc2cccs2)C2CCCOC21. The number of nitrogens with zero attached hydrogens (tertiary/aromatic N) is 1. The van der Waals surface area contributed by atoms with Crippen LogP contribution in [0.15, 0.2) is 22.5 Å². The van der Waals surface area contributed by atoms with Gasteiger partial charge < -0.3 is 15.8 Å². The van der Waals surface area contributed by atoms with Crippen molar-refractivity contribution in [3.8, 4) is 0 Å². The number of nitrogens with two attached hydrogens (primary N) is 1. The fraction of sp³-hybridized carbons (Fsp3) is 0.688. The maximum Gasteiger partial charge on any atom is 0.188 e. The van der Waals surface area contributed by atoms with Crippen LogP contribution in [0.4, 0.5) is 0 Å². The van der Waals surface area contributed by atoms with E-state index >= 15 is 0 Å². The Balaban J connectivity index is 1.53. The number of hydrogen-bond donors (Lipinski definition) is 2. The molecule has 2 fully saturated rings. The molecule has 3 unspecified atom stereocenters. The highest BCUT2D eigenvalue weighted by Crippen LogP contribution is 2.51. The summed E-state index contributed by atoms with van der Waals surface area (Å²) >= 11 is 1.77. The molecule has 5 heteroatoms. The van der Waals surface area contributed by atoms with Crippen molar-refractivity contribution in [3.05, 3.63) is 22.4 Å². The molecule has 3 atom stereocenters. The zero-order valence-electron chi connectivity index (χ0n) is 12.8.